The van der Waals surface area contributed by atoms with Gasteiger partial charge >= 0.3 is 0 Å². The highest BCUT2D eigenvalue weighted by Gasteiger charge is 2.26. The number of fused-ring (bicyclic) bond motifs is 1. The van der Waals surface area contributed by atoms with Crippen molar-refractivity contribution in [3.05, 3.63) is 77.2 Å². The summed E-state index contributed by atoms with van der Waals surface area (Å²) in [5.74, 6) is -0.691. The van der Waals surface area contributed by atoms with Gasteiger partial charge in [-0.2, -0.15) is 5.10 Å². The second-order valence-electron chi connectivity index (χ2n) is 8.11. The van der Waals surface area contributed by atoms with Gasteiger partial charge in [-0.25, -0.2) is 13.9 Å². The molecule has 0 spiro atoms. The largest absolute Gasteiger partial charge is 0.339 e. The number of carbonyl (C=O) groups is 2. The standard InChI is InChI=1S/C25H21ClFN5O2/c1-16(33)30-10-12-31(13-11-30)25(34)23-14-22(19-4-2-3-5-20(19)27)28-24-15-21(29-32(23)24)17-6-8-18(26)9-7-17/h2-9,14-15H,10-13H2,1H3. The van der Waals surface area contributed by atoms with E-state index in [1.54, 1.807) is 52.3 Å². The number of piperazine rings is 1. The van der Waals surface area contributed by atoms with E-state index in [9.17, 15) is 14.0 Å². The smallest absolute Gasteiger partial charge is 0.272 e. The lowest BCUT2D eigenvalue weighted by Gasteiger charge is -2.34. The van der Waals surface area contributed by atoms with Crippen LogP contribution in [-0.4, -0.2) is 62.4 Å². The van der Waals surface area contributed by atoms with Gasteiger partial charge in [0.2, 0.25) is 5.91 Å². The lowest BCUT2D eigenvalue weighted by atomic mass is 10.1. The van der Waals surface area contributed by atoms with E-state index in [1.807, 2.05) is 12.1 Å². The number of halogens is 2. The van der Waals surface area contributed by atoms with Gasteiger partial charge in [-0.1, -0.05) is 35.9 Å². The van der Waals surface area contributed by atoms with Crippen LogP contribution in [0.5, 0.6) is 0 Å². The van der Waals surface area contributed by atoms with E-state index < -0.39 is 5.82 Å². The van der Waals surface area contributed by atoms with E-state index in [1.165, 1.54) is 17.5 Å². The number of amides is 2. The SMILES string of the molecule is CC(=O)N1CCN(C(=O)c2cc(-c3ccccc3F)nc3cc(-c4ccc(Cl)cc4)nn23)CC1. The van der Waals surface area contributed by atoms with Crippen molar-refractivity contribution >= 4 is 29.1 Å². The number of benzene rings is 2. The van der Waals surface area contributed by atoms with Gasteiger partial charge in [-0.15, -0.1) is 0 Å². The van der Waals surface area contributed by atoms with Crippen LogP contribution in [0.25, 0.3) is 28.2 Å². The van der Waals surface area contributed by atoms with Crippen LogP contribution in [0.1, 0.15) is 17.4 Å². The summed E-state index contributed by atoms with van der Waals surface area (Å²) >= 11 is 6.02. The van der Waals surface area contributed by atoms with Crippen molar-refractivity contribution in [2.75, 3.05) is 26.2 Å². The first-order valence-corrected chi connectivity index (χ1v) is 11.2. The predicted octanol–water partition coefficient (Wildman–Crippen LogP) is 4.16. The van der Waals surface area contributed by atoms with Crippen LogP contribution in [-0.2, 0) is 4.79 Å². The molecule has 0 unspecified atom stereocenters. The van der Waals surface area contributed by atoms with Gasteiger partial charge in [0.25, 0.3) is 5.91 Å². The van der Waals surface area contributed by atoms with Crippen molar-refractivity contribution in [3.8, 4) is 22.5 Å². The van der Waals surface area contributed by atoms with Crippen LogP contribution >= 0.6 is 11.6 Å². The molecule has 9 heteroatoms. The molecule has 2 aromatic heterocycles. The summed E-state index contributed by atoms with van der Waals surface area (Å²) in [5, 5.41) is 5.24. The number of aromatic nitrogens is 3. The summed E-state index contributed by atoms with van der Waals surface area (Å²) in [6.07, 6.45) is 0. The van der Waals surface area contributed by atoms with Crippen LogP contribution in [0, 0.1) is 5.82 Å². The van der Waals surface area contributed by atoms with Crippen molar-refractivity contribution in [1.29, 1.82) is 0 Å². The molecule has 1 aliphatic heterocycles. The minimum absolute atomic E-state index is 0.0140. The molecule has 0 bridgehead atoms. The van der Waals surface area contributed by atoms with Crippen LogP contribution in [0.3, 0.4) is 0 Å². The van der Waals surface area contributed by atoms with Crippen molar-refractivity contribution < 1.29 is 14.0 Å². The molecule has 3 heterocycles. The van der Waals surface area contributed by atoms with Crippen LogP contribution < -0.4 is 0 Å². The lowest BCUT2D eigenvalue weighted by Crippen LogP contribution is -2.50. The van der Waals surface area contributed by atoms with Gasteiger partial charge in [0.05, 0.1) is 11.4 Å². The van der Waals surface area contributed by atoms with E-state index in [-0.39, 0.29) is 17.5 Å². The maximum Gasteiger partial charge on any atom is 0.272 e. The van der Waals surface area contributed by atoms with Crippen LogP contribution in [0.15, 0.2) is 60.7 Å². The molecular weight excluding hydrogens is 457 g/mol. The number of hydrogen-bond acceptors (Lipinski definition) is 4. The third-order valence-electron chi connectivity index (χ3n) is 5.95. The fraction of sp³-hybridized carbons (Fsp3) is 0.200. The fourth-order valence-corrected chi connectivity index (χ4v) is 4.21. The summed E-state index contributed by atoms with van der Waals surface area (Å²) in [6, 6.07) is 16.9. The second kappa shape index (κ2) is 8.87. The van der Waals surface area contributed by atoms with Gasteiger partial charge in [0.1, 0.15) is 11.5 Å². The molecule has 0 aliphatic carbocycles. The summed E-state index contributed by atoms with van der Waals surface area (Å²) in [7, 11) is 0. The Morgan fingerprint density at radius 3 is 2.26 bits per heavy atom. The summed E-state index contributed by atoms with van der Waals surface area (Å²) in [4.78, 5) is 33.2. The highest BCUT2D eigenvalue weighted by Crippen LogP contribution is 2.27. The second-order valence-corrected chi connectivity index (χ2v) is 8.55. The average molecular weight is 478 g/mol. The van der Waals surface area contributed by atoms with Crippen molar-refractivity contribution in [2.24, 2.45) is 0 Å². The van der Waals surface area contributed by atoms with Crippen molar-refractivity contribution in [1.82, 2.24) is 24.4 Å². The normalized spacial score (nSPS) is 14.0. The van der Waals surface area contributed by atoms with E-state index in [0.29, 0.717) is 53.8 Å². The molecule has 7 nitrogen and oxygen atoms in total. The Labute approximate surface area is 200 Å². The molecule has 5 rings (SSSR count). The molecule has 0 saturated carbocycles. The predicted molar refractivity (Wildman–Crippen MR) is 127 cm³/mol. The van der Waals surface area contributed by atoms with Crippen molar-refractivity contribution in [2.45, 2.75) is 6.92 Å². The molecule has 1 aliphatic rings. The topological polar surface area (TPSA) is 70.8 Å². The third-order valence-corrected chi connectivity index (χ3v) is 6.20. The first-order valence-electron chi connectivity index (χ1n) is 10.9. The van der Waals surface area contributed by atoms with Gasteiger partial charge < -0.3 is 9.80 Å². The number of rotatable bonds is 3. The average Bonchev–Trinajstić information content (AvgIpc) is 3.28. The Morgan fingerprint density at radius 1 is 0.912 bits per heavy atom. The maximum absolute atomic E-state index is 14.6. The van der Waals surface area contributed by atoms with Crippen LogP contribution in [0.4, 0.5) is 4.39 Å². The minimum atomic E-state index is -0.426. The molecule has 4 aromatic rings. The first-order chi connectivity index (χ1) is 16.4. The van der Waals surface area contributed by atoms with Gasteiger partial charge in [-0.3, -0.25) is 9.59 Å². The first kappa shape index (κ1) is 22.0. The monoisotopic (exact) mass is 477 g/mol. The molecule has 1 fully saturated rings. The summed E-state index contributed by atoms with van der Waals surface area (Å²) < 4.78 is 16.1. The van der Waals surface area contributed by atoms with Gasteiger partial charge in [0.15, 0.2) is 5.65 Å². The maximum atomic E-state index is 14.6. The van der Waals surface area contributed by atoms with E-state index in [0.717, 1.165) is 5.56 Å². The molecule has 0 atom stereocenters. The molecular formula is C25H21ClFN5O2. The highest BCUT2D eigenvalue weighted by atomic mass is 35.5. The van der Waals surface area contributed by atoms with Crippen LogP contribution in [0.2, 0.25) is 5.02 Å². The molecule has 0 radical (unpaired) electrons. The summed E-state index contributed by atoms with van der Waals surface area (Å²) in [5.41, 5.74) is 2.78. The van der Waals surface area contributed by atoms with Gasteiger partial charge in [0, 0.05) is 55.3 Å². The Morgan fingerprint density at radius 2 is 1.59 bits per heavy atom. The Hall–Kier alpha value is -3.78. The number of hydrogen-bond donors (Lipinski definition) is 0. The molecule has 1 saturated heterocycles. The molecule has 34 heavy (non-hydrogen) atoms. The van der Waals surface area contributed by atoms with E-state index in [2.05, 4.69) is 10.1 Å². The zero-order valence-electron chi connectivity index (χ0n) is 18.4. The number of carbonyl (C=O) groups excluding carboxylic acids is 2. The summed E-state index contributed by atoms with van der Waals surface area (Å²) in [6.45, 7) is 3.26. The van der Waals surface area contributed by atoms with E-state index >= 15 is 0 Å². The molecule has 2 amide bonds. The molecule has 172 valence electrons. The van der Waals surface area contributed by atoms with Crippen molar-refractivity contribution in [3.63, 3.8) is 0 Å². The molecule has 0 N–H and O–H groups in total. The number of nitrogens with zero attached hydrogens (tertiary/aromatic N) is 5. The highest BCUT2D eigenvalue weighted by molar-refractivity contribution is 6.30. The quantitative estimate of drug-likeness (QED) is 0.444. The Kier molecular flexibility index (Phi) is 5.75. The Balaban J connectivity index is 1.61. The third kappa shape index (κ3) is 4.12. The zero-order chi connectivity index (χ0) is 23.8. The fourth-order valence-electron chi connectivity index (χ4n) is 4.08. The zero-order valence-corrected chi connectivity index (χ0v) is 19.2. The lowest BCUT2D eigenvalue weighted by molar-refractivity contribution is -0.130. The Bertz CT molecular complexity index is 1390. The minimum Gasteiger partial charge on any atom is -0.339 e. The molecule has 2 aromatic carbocycles. The van der Waals surface area contributed by atoms with Gasteiger partial charge in [-0.05, 0) is 30.3 Å². The van der Waals surface area contributed by atoms with E-state index in [4.69, 9.17) is 11.6 Å².